The SMILES string of the molecule is C=Cc1ncc(C(=O)NC2(C(=O)NCc3ncc(Nc4ccccc4C(F)(F)F)cc3Cl)CC2)cn1. The van der Waals surface area contributed by atoms with E-state index in [1.54, 1.807) is 0 Å². The number of aromatic nitrogens is 3. The van der Waals surface area contributed by atoms with Crippen molar-refractivity contribution in [1.29, 1.82) is 0 Å². The number of nitrogens with one attached hydrogen (secondary N) is 3. The van der Waals surface area contributed by atoms with Gasteiger partial charge in [0.2, 0.25) is 5.91 Å². The summed E-state index contributed by atoms with van der Waals surface area (Å²) < 4.78 is 39.7. The third kappa shape index (κ3) is 5.62. The summed E-state index contributed by atoms with van der Waals surface area (Å²) in [5.41, 5.74) is -1.24. The molecule has 0 radical (unpaired) electrons. The van der Waals surface area contributed by atoms with Gasteiger partial charge < -0.3 is 16.0 Å². The molecule has 3 N–H and O–H groups in total. The first-order valence-electron chi connectivity index (χ1n) is 10.7. The first kappa shape index (κ1) is 25.1. The standard InChI is InChI=1S/C24H20ClF3N6O2/c1-2-20-30-10-14(11-31-20)21(35)34-23(7-8-23)22(36)32-13-19-17(25)9-15(12-29-19)33-18-6-4-3-5-16(18)24(26,27)28/h2-6,9-12,33H,1,7-8,13H2,(H,32,36)(H,34,35). The van der Waals surface area contributed by atoms with Crippen LogP contribution < -0.4 is 16.0 Å². The van der Waals surface area contributed by atoms with Gasteiger partial charge in [0.15, 0.2) is 5.82 Å². The smallest absolute Gasteiger partial charge is 0.354 e. The van der Waals surface area contributed by atoms with Gasteiger partial charge in [-0.3, -0.25) is 14.6 Å². The molecule has 2 heterocycles. The van der Waals surface area contributed by atoms with Crippen molar-refractivity contribution >= 4 is 40.9 Å². The van der Waals surface area contributed by atoms with Gasteiger partial charge in [0.25, 0.3) is 5.91 Å². The van der Waals surface area contributed by atoms with Crippen LogP contribution >= 0.6 is 11.6 Å². The Hall–Kier alpha value is -3.99. The summed E-state index contributed by atoms with van der Waals surface area (Å²) in [5, 5.41) is 8.24. The van der Waals surface area contributed by atoms with E-state index in [2.05, 4.69) is 37.5 Å². The molecule has 186 valence electrons. The summed E-state index contributed by atoms with van der Waals surface area (Å²) >= 11 is 6.26. The van der Waals surface area contributed by atoms with E-state index in [1.165, 1.54) is 48.9 Å². The van der Waals surface area contributed by atoms with Crippen LogP contribution in [0.1, 0.15) is 40.3 Å². The van der Waals surface area contributed by atoms with Crippen molar-refractivity contribution in [3.05, 3.63) is 83.2 Å². The van der Waals surface area contributed by atoms with Crippen molar-refractivity contribution in [3.8, 4) is 0 Å². The quantitative estimate of drug-likeness (QED) is 0.406. The van der Waals surface area contributed by atoms with Gasteiger partial charge in [0.05, 0.1) is 46.0 Å². The lowest BCUT2D eigenvalue weighted by molar-refractivity contribution is -0.137. The van der Waals surface area contributed by atoms with Gasteiger partial charge in [-0.1, -0.05) is 30.3 Å². The van der Waals surface area contributed by atoms with Crippen molar-refractivity contribution in [3.63, 3.8) is 0 Å². The number of pyridine rings is 1. The fourth-order valence-electron chi connectivity index (χ4n) is 3.38. The van der Waals surface area contributed by atoms with Crippen LogP contribution in [-0.2, 0) is 17.5 Å². The third-order valence-electron chi connectivity index (χ3n) is 5.50. The van der Waals surface area contributed by atoms with Crippen molar-refractivity contribution in [2.24, 2.45) is 0 Å². The van der Waals surface area contributed by atoms with Crippen LogP contribution in [0, 0.1) is 0 Å². The number of carbonyl (C=O) groups is 2. The maximum atomic E-state index is 13.2. The minimum atomic E-state index is -4.53. The molecule has 36 heavy (non-hydrogen) atoms. The molecule has 1 aliphatic rings. The van der Waals surface area contributed by atoms with E-state index < -0.39 is 29.1 Å². The number of alkyl halides is 3. The summed E-state index contributed by atoms with van der Waals surface area (Å²) in [5.74, 6) is -0.511. The molecular formula is C24H20ClF3N6O2. The van der Waals surface area contributed by atoms with E-state index in [4.69, 9.17) is 11.6 Å². The summed E-state index contributed by atoms with van der Waals surface area (Å²) in [6, 6.07) is 6.47. The molecule has 1 saturated carbocycles. The Bertz CT molecular complexity index is 1310. The number of benzene rings is 1. The Morgan fingerprint density at radius 2 is 1.81 bits per heavy atom. The zero-order chi connectivity index (χ0) is 25.9. The van der Waals surface area contributed by atoms with Crippen molar-refractivity contribution in [2.75, 3.05) is 5.32 Å². The third-order valence-corrected chi connectivity index (χ3v) is 5.83. The Morgan fingerprint density at radius 3 is 2.42 bits per heavy atom. The minimum absolute atomic E-state index is 0.0359. The lowest BCUT2D eigenvalue weighted by Gasteiger charge is -2.18. The molecule has 1 fully saturated rings. The number of anilines is 2. The second-order valence-electron chi connectivity index (χ2n) is 8.07. The number of carbonyl (C=O) groups excluding carboxylic acids is 2. The van der Waals surface area contributed by atoms with Gasteiger partial charge in [-0.05, 0) is 37.1 Å². The molecule has 0 atom stereocenters. The molecule has 8 nitrogen and oxygen atoms in total. The second-order valence-corrected chi connectivity index (χ2v) is 8.48. The monoisotopic (exact) mass is 516 g/mol. The lowest BCUT2D eigenvalue weighted by atomic mass is 10.1. The average molecular weight is 517 g/mol. The molecule has 0 aliphatic heterocycles. The Balaban J connectivity index is 1.37. The van der Waals surface area contributed by atoms with Crippen molar-refractivity contribution in [2.45, 2.75) is 31.1 Å². The highest BCUT2D eigenvalue weighted by Gasteiger charge is 2.51. The van der Waals surface area contributed by atoms with Gasteiger partial charge in [0.1, 0.15) is 5.54 Å². The first-order valence-corrected chi connectivity index (χ1v) is 11.1. The van der Waals surface area contributed by atoms with E-state index in [9.17, 15) is 22.8 Å². The van der Waals surface area contributed by atoms with Crippen molar-refractivity contribution in [1.82, 2.24) is 25.6 Å². The lowest BCUT2D eigenvalue weighted by Crippen LogP contribution is -2.48. The topological polar surface area (TPSA) is 109 Å². The molecule has 1 aromatic carbocycles. The predicted molar refractivity (Wildman–Crippen MR) is 127 cm³/mol. The van der Waals surface area contributed by atoms with E-state index in [-0.39, 0.29) is 28.5 Å². The summed E-state index contributed by atoms with van der Waals surface area (Å²) in [4.78, 5) is 37.4. The molecule has 2 amide bonds. The van der Waals surface area contributed by atoms with Crippen molar-refractivity contribution < 1.29 is 22.8 Å². The number of rotatable bonds is 8. The molecule has 12 heteroatoms. The molecule has 0 unspecified atom stereocenters. The molecule has 3 aromatic rings. The zero-order valence-corrected chi connectivity index (χ0v) is 19.5. The molecule has 0 spiro atoms. The molecular weight excluding hydrogens is 497 g/mol. The van der Waals surface area contributed by atoms with Gasteiger partial charge in [-0.25, -0.2) is 9.97 Å². The highest BCUT2D eigenvalue weighted by molar-refractivity contribution is 6.31. The van der Waals surface area contributed by atoms with E-state index in [0.29, 0.717) is 24.4 Å². The van der Waals surface area contributed by atoms with Crippen LogP contribution in [0.5, 0.6) is 0 Å². The van der Waals surface area contributed by atoms with Crippen LogP contribution in [0.4, 0.5) is 24.5 Å². The Morgan fingerprint density at radius 1 is 1.11 bits per heavy atom. The Kier molecular flexibility index (Phi) is 6.93. The van der Waals surface area contributed by atoms with Crippen LogP contribution in [0.3, 0.4) is 0 Å². The van der Waals surface area contributed by atoms with E-state index in [1.807, 2.05) is 0 Å². The number of amides is 2. The molecule has 2 aromatic heterocycles. The number of hydrogen-bond donors (Lipinski definition) is 3. The van der Waals surface area contributed by atoms with Gasteiger partial charge in [-0.15, -0.1) is 0 Å². The molecule has 0 saturated heterocycles. The molecule has 0 bridgehead atoms. The normalized spacial score (nSPS) is 14.0. The minimum Gasteiger partial charge on any atom is -0.354 e. The summed E-state index contributed by atoms with van der Waals surface area (Å²) in [6.07, 6.45) is 1.85. The number of nitrogens with zero attached hydrogens (tertiary/aromatic N) is 3. The zero-order valence-electron chi connectivity index (χ0n) is 18.7. The van der Waals surface area contributed by atoms with Gasteiger partial charge in [0, 0.05) is 12.4 Å². The number of hydrogen-bond acceptors (Lipinski definition) is 6. The maximum absolute atomic E-state index is 13.2. The Labute approximate surface area is 209 Å². The fraction of sp³-hybridized carbons (Fsp3) is 0.208. The first-order chi connectivity index (χ1) is 17.1. The van der Waals surface area contributed by atoms with E-state index in [0.717, 1.165) is 6.07 Å². The summed E-state index contributed by atoms with van der Waals surface area (Å²) in [7, 11) is 0. The van der Waals surface area contributed by atoms with Gasteiger partial charge in [-0.2, -0.15) is 13.2 Å². The number of para-hydroxylation sites is 1. The second kappa shape index (κ2) is 9.94. The van der Waals surface area contributed by atoms with E-state index >= 15 is 0 Å². The predicted octanol–water partition coefficient (Wildman–Crippen LogP) is 4.51. The fourth-order valence-corrected chi connectivity index (χ4v) is 3.61. The summed E-state index contributed by atoms with van der Waals surface area (Å²) in [6.45, 7) is 3.51. The molecule has 4 rings (SSSR count). The highest BCUT2D eigenvalue weighted by atomic mass is 35.5. The van der Waals surface area contributed by atoms with Crippen LogP contribution in [0.25, 0.3) is 6.08 Å². The van der Waals surface area contributed by atoms with Crippen LogP contribution in [0.2, 0.25) is 5.02 Å². The number of halogens is 4. The largest absolute Gasteiger partial charge is 0.418 e. The van der Waals surface area contributed by atoms with Crippen LogP contribution in [-0.4, -0.2) is 32.3 Å². The highest BCUT2D eigenvalue weighted by Crippen LogP contribution is 2.37. The van der Waals surface area contributed by atoms with Crippen LogP contribution in [0.15, 0.2) is 55.5 Å². The average Bonchev–Trinajstić information content (AvgIpc) is 3.63. The molecule has 1 aliphatic carbocycles. The maximum Gasteiger partial charge on any atom is 0.418 e. The van der Waals surface area contributed by atoms with Gasteiger partial charge >= 0.3 is 6.18 Å².